The molecule has 0 aliphatic carbocycles. The first-order chi connectivity index (χ1) is 12.4. The van der Waals surface area contributed by atoms with Crippen molar-refractivity contribution in [3.63, 3.8) is 0 Å². The van der Waals surface area contributed by atoms with Gasteiger partial charge in [-0.3, -0.25) is 4.79 Å². The van der Waals surface area contributed by atoms with E-state index in [-0.39, 0.29) is 11.9 Å². The number of hydrogen-bond donors (Lipinski definition) is 1. The van der Waals surface area contributed by atoms with Crippen LogP contribution in [0.3, 0.4) is 0 Å². The molecule has 0 saturated heterocycles. The lowest BCUT2D eigenvalue weighted by Crippen LogP contribution is -2.23. The summed E-state index contributed by atoms with van der Waals surface area (Å²) >= 11 is 6.10. The minimum atomic E-state index is -0.329. The van der Waals surface area contributed by atoms with E-state index in [2.05, 4.69) is 5.32 Å². The molecule has 0 fully saturated rings. The van der Waals surface area contributed by atoms with Crippen molar-refractivity contribution in [2.24, 2.45) is 7.05 Å². The van der Waals surface area contributed by atoms with E-state index >= 15 is 0 Å². The summed E-state index contributed by atoms with van der Waals surface area (Å²) in [6.45, 7) is 6.37. The van der Waals surface area contributed by atoms with E-state index in [4.69, 9.17) is 16.3 Å². The highest BCUT2D eigenvalue weighted by Crippen LogP contribution is 2.23. The Morgan fingerprint density at radius 1 is 1.23 bits per heavy atom. The Morgan fingerprint density at radius 2 is 1.92 bits per heavy atom. The molecule has 2 aromatic rings. The quantitative estimate of drug-likeness (QED) is 0.749. The first-order valence-electron chi connectivity index (χ1n) is 8.68. The van der Waals surface area contributed by atoms with Gasteiger partial charge in [0.25, 0.3) is 0 Å². The molecule has 5 nitrogen and oxygen atoms in total. The van der Waals surface area contributed by atoms with Crippen molar-refractivity contribution in [3.8, 4) is 0 Å². The van der Waals surface area contributed by atoms with Crippen LogP contribution in [-0.4, -0.2) is 23.1 Å². The van der Waals surface area contributed by atoms with Gasteiger partial charge in [0, 0.05) is 30.7 Å². The number of rotatable bonds is 7. The number of halogens is 1. The van der Waals surface area contributed by atoms with Gasteiger partial charge in [-0.15, -0.1) is 0 Å². The van der Waals surface area contributed by atoms with Crippen LogP contribution in [0.15, 0.2) is 24.3 Å². The predicted octanol–water partition coefficient (Wildman–Crippen LogP) is 3.72. The smallest absolute Gasteiger partial charge is 0.355 e. The van der Waals surface area contributed by atoms with Crippen LogP contribution in [0, 0.1) is 13.8 Å². The van der Waals surface area contributed by atoms with Gasteiger partial charge in [-0.2, -0.15) is 0 Å². The SMILES string of the molecule is CCOC(=O)c1c(C)c(CCC(=O)NCc2ccccc2Cl)c(C)n1C. The van der Waals surface area contributed by atoms with Crippen molar-refractivity contribution < 1.29 is 14.3 Å². The lowest BCUT2D eigenvalue weighted by atomic mass is 10.0. The molecule has 2 rings (SSSR count). The van der Waals surface area contributed by atoms with Crippen LogP contribution in [0.25, 0.3) is 0 Å². The molecule has 1 amide bonds. The predicted molar refractivity (Wildman–Crippen MR) is 102 cm³/mol. The lowest BCUT2D eigenvalue weighted by Gasteiger charge is -2.07. The number of aromatic nitrogens is 1. The minimum Gasteiger partial charge on any atom is -0.461 e. The van der Waals surface area contributed by atoms with Crippen molar-refractivity contribution in [1.82, 2.24) is 9.88 Å². The van der Waals surface area contributed by atoms with Crippen LogP contribution >= 0.6 is 11.6 Å². The van der Waals surface area contributed by atoms with Gasteiger partial charge in [-0.1, -0.05) is 29.8 Å². The molecule has 0 bridgehead atoms. The Balaban J connectivity index is 2.01. The zero-order valence-electron chi connectivity index (χ0n) is 15.7. The molecule has 0 saturated carbocycles. The number of amides is 1. The average Bonchev–Trinajstić information content (AvgIpc) is 2.82. The summed E-state index contributed by atoms with van der Waals surface area (Å²) in [5.41, 5.74) is 4.31. The molecule has 26 heavy (non-hydrogen) atoms. The largest absolute Gasteiger partial charge is 0.461 e. The highest BCUT2D eigenvalue weighted by molar-refractivity contribution is 6.31. The molecule has 140 valence electrons. The number of nitrogens with one attached hydrogen (secondary N) is 1. The van der Waals surface area contributed by atoms with Gasteiger partial charge in [0.05, 0.1) is 6.61 Å². The Labute approximate surface area is 159 Å². The van der Waals surface area contributed by atoms with Gasteiger partial charge in [0.1, 0.15) is 5.69 Å². The van der Waals surface area contributed by atoms with Gasteiger partial charge >= 0.3 is 5.97 Å². The van der Waals surface area contributed by atoms with E-state index < -0.39 is 0 Å². The number of hydrogen-bond acceptors (Lipinski definition) is 3. The fraction of sp³-hybridized carbons (Fsp3) is 0.400. The molecule has 0 spiro atoms. The number of benzene rings is 1. The highest BCUT2D eigenvalue weighted by Gasteiger charge is 2.21. The number of carbonyl (C=O) groups excluding carboxylic acids is 2. The molecule has 1 aromatic carbocycles. The second-order valence-corrected chi connectivity index (χ2v) is 6.59. The number of carbonyl (C=O) groups is 2. The Morgan fingerprint density at radius 3 is 2.58 bits per heavy atom. The van der Waals surface area contributed by atoms with Crippen molar-refractivity contribution in [2.45, 2.75) is 40.2 Å². The van der Waals surface area contributed by atoms with Gasteiger partial charge in [0.2, 0.25) is 5.91 Å². The van der Waals surface area contributed by atoms with Gasteiger partial charge in [0.15, 0.2) is 0 Å². The summed E-state index contributed by atoms with van der Waals surface area (Å²) in [6, 6.07) is 7.44. The molecule has 0 aliphatic heterocycles. The Bertz CT molecular complexity index is 812. The lowest BCUT2D eigenvalue weighted by molar-refractivity contribution is -0.121. The van der Waals surface area contributed by atoms with Crippen LogP contribution < -0.4 is 5.32 Å². The van der Waals surface area contributed by atoms with Crippen LogP contribution in [0.5, 0.6) is 0 Å². The van der Waals surface area contributed by atoms with E-state index in [9.17, 15) is 9.59 Å². The second kappa shape index (κ2) is 8.90. The van der Waals surface area contributed by atoms with E-state index in [0.717, 1.165) is 22.4 Å². The van der Waals surface area contributed by atoms with Gasteiger partial charge in [-0.25, -0.2) is 4.79 Å². The summed E-state index contributed by atoms with van der Waals surface area (Å²) in [7, 11) is 1.84. The topological polar surface area (TPSA) is 60.3 Å². The summed E-state index contributed by atoms with van der Waals surface area (Å²) in [4.78, 5) is 24.3. The third kappa shape index (κ3) is 4.47. The maximum Gasteiger partial charge on any atom is 0.355 e. The number of ether oxygens (including phenoxy) is 1. The summed E-state index contributed by atoms with van der Waals surface area (Å²) < 4.78 is 6.97. The summed E-state index contributed by atoms with van der Waals surface area (Å²) in [5.74, 6) is -0.379. The normalized spacial score (nSPS) is 10.7. The van der Waals surface area contributed by atoms with Crippen LogP contribution in [0.4, 0.5) is 0 Å². The molecule has 1 aromatic heterocycles. The number of esters is 1. The highest BCUT2D eigenvalue weighted by atomic mass is 35.5. The van der Waals surface area contributed by atoms with E-state index in [1.54, 1.807) is 13.0 Å². The van der Waals surface area contributed by atoms with E-state index in [1.165, 1.54) is 0 Å². The second-order valence-electron chi connectivity index (χ2n) is 6.19. The van der Waals surface area contributed by atoms with Crippen LogP contribution in [0.1, 0.15) is 46.2 Å². The van der Waals surface area contributed by atoms with Crippen molar-refractivity contribution in [3.05, 3.63) is 57.4 Å². The molecular formula is C20H25ClN2O3. The van der Waals surface area contributed by atoms with E-state index in [1.807, 2.05) is 43.7 Å². The fourth-order valence-corrected chi connectivity index (χ4v) is 3.26. The monoisotopic (exact) mass is 376 g/mol. The van der Waals surface area contributed by atoms with Crippen molar-refractivity contribution in [2.75, 3.05) is 6.61 Å². The van der Waals surface area contributed by atoms with Crippen LogP contribution in [-0.2, 0) is 29.5 Å². The number of nitrogens with zero attached hydrogens (tertiary/aromatic N) is 1. The molecule has 0 atom stereocenters. The molecule has 6 heteroatoms. The Kier molecular flexibility index (Phi) is 6.86. The third-order valence-corrected chi connectivity index (χ3v) is 4.96. The maximum atomic E-state index is 12.2. The molecule has 0 aliphatic rings. The summed E-state index contributed by atoms with van der Waals surface area (Å²) in [5, 5.41) is 3.53. The molecule has 0 radical (unpaired) electrons. The summed E-state index contributed by atoms with van der Waals surface area (Å²) in [6.07, 6.45) is 0.914. The van der Waals surface area contributed by atoms with Crippen molar-refractivity contribution in [1.29, 1.82) is 0 Å². The van der Waals surface area contributed by atoms with Gasteiger partial charge in [-0.05, 0) is 49.9 Å². The third-order valence-electron chi connectivity index (χ3n) is 4.59. The Hall–Kier alpha value is -2.27. The van der Waals surface area contributed by atoms with Crippen LogP contribution in [0.2, 0.25) is 5.02 Å². The van der Waals surface area contributed by atoms with Crippen molar-refractivity contribution >= 4 is 23.5 Å². The standard InChI is InChI=1S/C20H25ClN2O3/c1-5-26-20(25)19-13(2)16(14(3)23(19)4)10-11-18(24)22-12-15-8-6-7-9-17(15)21/h6-9H,5,10-12H2,1-4H3,(H,22,24). The zero-order chi connectivity index (χ0) is 19.3. The molecular weight excluding hydrogens is 352 g/mol. The first kappa shape index (κ1) is 20.0. The zero-order valence-corrected chi connectivity index (χ0v) is 16.4. The molecule has 1 heterocycles. The average molecular weight is 377 g/mol. The first-order valence-corrected chi connectivity index (χ1v) is 9.06. The van der Waals surface area contributed by atoms with E-state index in [0.29, 0.717) is 36.7 Å². The maximum absolute atomic E-state index is 12.2. The molecule has 1 N–H and O–H groups in total. The fourth-order valence-electron chi connectivity index (χ4n) is 3.06. The minimum absolute atomic E-state index is 0.0507. The molecule has 0 unspecified atom stereocenters. The van der Waals surface area contributed by atoms with Gasteiger partial charge < -0.3 is 14.6 Å².